The maximum atomic E-state index is 13.5. The summed E-state index contributed by atoms with van der Waals surface area (Å²) >= 11 is 0. The molecule has 2 atom stereocenters. The highest BCUT2D eigenvalue weighted by Crippen LogP contribution is 2.40. The van der Waals surface area contributed by atoms with E-state index in [1.54, 1.807) is 6.07 Å². The Labute approximate surface area is 109 Å². The van der Waals surface area contributed by atoms with Gasteiger partial charge in [0.15, 0.2) is 0 Å². The number of nitrogens with one attached hydrogen (secondary N) is 1. The van der Waals surface area contributed by atoms with Crippen LogP contribution >= 0.6 is 0 Å². The summed E-state index contributed by atoms with van der Waals surface area (Å²) in [5.41, 5.74) is -0.241. The van der Waals surface area contributed by atoms with Gasteiger partial charge in [0, 0.05) is 6.61 Å². The fraction of sp³-hybridized carbons (Fsp3) is 0.538. The number of halogens is 1. The maximum Gasteiger partial charge on any atom is 0.327 e. The molecule has 1 aliphatic carbocycles. The molecule has 2 unspecified atom stereocenters. The predicted octanol–water partition coefficient (Wildman–Crippen LogP) is 2.71. The first-order valence-corrected chi connectivity index (χ1v) is 6.48. The molecule has 2 fully saturated rings. The summed E-state index contributed by atoms with van der Waals surface area (Å²) < 4.78 is 19.2. The maximum absolute atomic E-state index is 13.5. The Morgan fingerprint density at radius 1 is 1.37 bits per heavy atom. The van der Waals surface area contributed by atoms with E-state index >= 15 is 0 Å². The zero-order valence-corrected chi connectivity index (χ0v) is 10.3. The Balaban J connectivity index is 1.82. The standard InChI is InChI=1S/C13H15FN2O3/c14-9-2-1-3-10(12(9)16(17)18)15-11-6-7-19-13(11)8-4-5-8/h1-3,8,11,13,15H,4-7H2. The van der Waals surface area contributed by atoms with Gasteiger partial charge in [-0.05, 0) is 37.3 Å². The Kier molecular flexibility index (Phi) is 3.10. The summed E-state index contributed by atoms with van der Waals surface area (Å²) in [4.78, 5) is 10.3. The van der Waals surface area contributed by atoms with Crippen LogP contribution in [0.3, 0.4) is 0 Å². The van der Waals surface area contributed by atoms with Gasteiger partial charge < -0.3 is 10.1 Å². The Bertz CT molecular complexity index is 505. The molecule has 1 saturated carbocycles. The van der Waals surface area contributed by atoms with Gasteiger partial charge in [-0.1, -0.05) is 6.07 Å². The second-order valence-electron chi connectivity index (χ2n) is 5.11. The summed E-state index contributed by atoms with van der Waals surface area (Å²) in [5.74, 6) is -0.260. The second-order valence-corrected chi connectivity index (χ2v) is 5.11. The number of benzene rings is 1. The third kappa shape index (κ3) is 2.40. The molecule has 19 heavy (non-hydrogen) atoms. The van der Waals surface area contributed by atoms with Crippen molar-refractivity contribution in [2.24, 2.45) is 5.92 Å². The van der Waals surface area contributed by atoms with Crippen molar-refractivity contribution in [3.8, 4) is 0 Å². The largest absolute Gasteiger partial charge is 0.376 e. The molecule has 2 aliphatic rings. The number of para-hydroxylation sites is 1. The Morgan fingerprint density at radius 2 is 2.16 bits per heavy atom. The minimum atomic E-state index is -0.808. The number of anilines is 1. The first-order chi connectivity index (χ1) is 9.16. The van der Waals surface area contributed by atoms with Crippen LogP contribution in [0.1, 0.15) is 19.3 Å². The Hall–Kier alpha value is -1.69. The first kappa shape index (κ1) is 12.3. The molecule has 3 rings (SSSR count). The van der Waals surface area contributed by atoms with Crippen molar-refractivity contribution in [2.75, 3.05) is 11.9 Å². The lowest BCUT2D eigenvalue weighted by molar-refractivity contribution is -0.386. The minimum Gasteiger partial charge on any atom is -0.376 e. The van der Waals surface area contributed by atoms with E-state index in [9.17, 15) is 14.5 Å². The molecule has 5 nitrogen and oxygen atoms in total. The van der Waals surface area contributed by atoms with Gasteiger partial charge in [0.25, 0.3) is 0 Å². The van der Waals surface area contributed by atoms with Crippen LogP contribution in [-0.4, -0.2) is 23.7 Å². The van der Waals surface area contributed by atoms with Crippen molar-refractivity contribution in [1.82, 2.24) is 0 Å². The minimum absolute atomic E-state index is 0.0352. The molecule has 1 aromatic carbocycles. The molecular formula is C13H15FN2O3. The highest BCUT2D eigenvalue weighted by molar-refractivity contribution is 5.62. The van der Waals surface area contributed by atoms with Crippen LogP contribution in [0.4, 0.5) is 15.8 Å². The van der Waals surface area contributed by atoms with Crippen LogP contribution in [0.15, 0.2) is 18.2 Å². The van der Waals surface area contributed by atoms with Crippen LogP contribution < -0.4 is 5.32 Å². The van der Waals surface area contributed by atoms with Gasteiger partial charge in [-0.25, -0.2) is 0 Å². The highest BCUT2D eigenvalue weighted by atomic mass is 19.1. The lowest BCUT2D eigenvalue weighted by atomic mass is 10.1. The van der Waals surface area contributed by atoms with E-state index in [1.165, 1.54) is 6.07 Å². The fourth-order valence-corrected chi connectivity index (χ4v) is 2.67. The number of hydrogen-bond acceptors (Lipinski definition) is 4. The SMILES string of the molecule is O=[N+]([O-])c1c(F)cccc1NC1CCOC1C1CC1. The van der Waals surface area contributed by atoms with Crippen molar-refractivity contribution < 1.29 is 14.1 Å². The lowest BCUT2D eigenvalue weighted by Crippen LogP contribution is -2.31. The van der Waals surface area contributed by atoms with Crippen LogP contribution in [0.5, 0.6) is 0 Å². The third-order valence-corrected chi connectivity index (χ3v) is 3.73. The van der Waals surface area contributed by atoms with E-state index in [4.69, 9.17) is 4.74 Å². The summed E-state index contributed by atoms with van der Waals surface area (Å²) in [6.45, 7) is 0.655. The van der Waals surface area contributed by atoms with Crippen molar-refractivity contribution >= 4 is 11.4 Å². The van der Waals surface area contributed by atoms with Gasteiger partial charge in [-0.2, -0.15) is 4.39 Å². The van der Waals surface area contributed by atoms with E-state index in [0.29, 0.717) is 12.5 Å². The van der Waals surface area contributed by atoms with Gasteiger partial charge >= 0.3 is 5.69 Å². The second kappa shape index (κ2) is 4.77. The monoisotopic (exact) mass is 266 g/mol. The normalized spacial score (nSPS) is 26.4. The Morgan fingerprint density at radius 3 is 2.84 bits per heavy atom. The first-order valence-electron chi connectivity index (χ1n) is 6.48. The van der Waals surface area contributed by atoms with Gasteiger partial charge in [-0.3, -0.25) is 10.1 Å². The molecule has 0 spiro atoms. The zero-order valence-electron chi connectivity index (χ0n) is 10.3. The zero-order chi connectivity index (χ0) is 13.4. The van der Waals surface area contributed by atoms with E-state index in [-0.39, 0.29) is 17.8 Å². The molecular weight excluding hydrogens is 251 g/mol. The lowest BCUT2D eigenvalue weighted by Gasteiger charge is -2.20. The van der Waals surface area contributed by atoms with Gasteiger partial charge in [0.05, 0.1) is 17.1 Å². The molecule has 0 radical (unpaired) electrons. The molecule has 1 N–H and O–H groups in total. The van der Waals surface area contributed by atoms with Crippen molar-refractivity contribution in [3.05, 3.63) is 34.1 Å². The molecule has 0 aromatic heterocycles. The van der Waals surface area contributed by atoms with Crippen LogP contribution in [-0.2, 0) is 4.74 Å². The molecule has 102 valence electrons. The molecule has 6 heteroatoms. The van der Waals surface area contributed by atoms with E-state index < -0.39 is 16.4 Å². The number of nitro groups is 1. The van der Waals surface area contributed by atoms with Crippen LogP contribution in [0, 0.1) is 21.8 Å². The van der Waals surface area contributed by atoms with Crippen molar-refractivity contribution in [3.63, 3.8) is 0 Å². The smallest absolute Gasteiger partial charge is 0.327 e. The average Bonchev–Trinajstić information content (AvgIpc) is 3.10. The summed E-state index contributed by atoms with van der Waals surface area (Å²) in [6.07, 6.45) is 3.19. The van der Waals surface area contributed by atoms with E-state index in [1.807, 2.05) is 0 Å². The number of hydrogen-bond donors (Lipinski definition) is 1. The van der Waals surface area contributed by atoms with E-state index in [0.717, 1.165) is 25.3 Å². The highest BCUT2D eigenvalue weighted by Gasteiger charge is 2.41. The van der Waals surface area contributed by atoms with E-state index in [2.05, 4.69) is 5.32 Å². The van der Waals surface area contributed by atoms with Gasteiger partial charge in [0.2, 0.25) is 5.82 Å². The van der Waals surface area contributed by atoms with Crippen molar-refractivity contribution in [2.45, 2.75) is 31.4 Å². The summed E-state index contributed by atoms with van der Waals surface area (Å²) in [7, 11) is 0. The molecule has 1 aliphatic heterocycles. The topological polar surface area (TPSA) is 64.4 Å². The fourth-order valence-electron chi connectivity index (χ4n) is 2.67. The molecule has 0 bridgehead atoms. The summed E-state index contributed by atoms with van der Waals surface area (Å²) in [5, 5.41) is 14.0. The molecule has 0 amide bonds. The predicted molar refractivity (Wildman–Crippen MR) is 67.5 cm³/mol. The van der Waals surface area contributed by atoms with Crippen LogP contribution in [0.25, 0.3) is 0 Å². The van der Waals surface area contributed by atoms with Gasteiger partial charge in [-0.15, -0.1) is 0 Å². The van der Waals surface area contributed by atoms with Gasteiger partial charge in [0.1, 0.15) is 5.69 Å². The molecule has 1 saturated heterocycles. The quantitative estimate of drug-likeness (QED) is 0.672. The molecule has 1 heterocycles. The number of rotatable bonds is 4. The summed E-state index contributed by atoms with van der Waals surface area (Å²) in [6, 6.07) is 4.16. The number of nitro benzene ring substituents is 1. The molecule has 1 aromatic rings. The number of nitrogens with zero attached hydrogens (tertiary/aromatic N) is 1. The van der Waals surface area contributed by atoms with Crippen molar-refractivity contribution in [1.29, 1.82) is 0 Å². The number of ether oxygens (including phenoxy) is 1. The third-order valence-electron chi connectivity index (χ3n) is 3.73. The van der Waals surface area contributed by atoms with Crippen LogP contribution in [0.2, 0.25) is 0 Å². The average molecular weight is 266 g/mol.